The summed E-state index contributed by atoms with van der Waals surface area (Å²) in [6.07, 6.45) is 0. The predicted molar refractivity (Wildman–Crippen MR) is 105 cm³/mol. The molecular formula is C21H28N2O3. The van der Waals surface area contributed by atoms with E-state index in [0.717, 1.165) is 33.9 Å². The Morgan fingerprint density at radius 3 is 2.27 bits per heavy atom. The average molecular weight is 356 g/mol. The lowest BCUT2D eigenvalue weighted by Crippen LogP contribution is -2.30. The third-order valence-corrected chi connectivity index (χ3v) is 4.29. The summed E-state index contributed by atoms with van der Waals surface area (Å²) in [5.41, 5.74) is 5.26. The minimum Gasteiger partial charge on any atom is -0.497 e. The summed E-state index contributed by atoms with van der Waals surface area (Å²) in [6.45, 7) is 6.99. The second kappa shape index (κ2) is 8.72. The van der Waals surface area contributed by atoms with Crippen LogP contribution in [0.3, 0.4) is 0 Å². The Balaban J connectivity index is 2.02. The summed E-state index contributed by atoms with van der Waals surface area (Å²) in [7, 11) is 5.17. The van der Waals surface area contributed by atoms with E-state index in [0.29, 0.717) is 13.1 Å². The van der Waals surface area contributed by atoms with Crippen LogP contribution in [-0.4, -0.2) is 38.6 Å². The number of carbonyl (C=O) groups is 1. The quantitative estimate of drug-likeness (QED) is 0.822. The van der Waals surface area contributed by atoms with E-state index in [1.807, 2.05) is 44.0 Å². The molecule has 1 amide bonds. The molecule has 0 unspecified atom stereocenters. The Bertz CT molecular complexity index is 764. The Hall–Kier alpha value is -2.53. The van der Waals surface area contributed by atoms with Crippen molar-refractivity contribution in [1.29, 1.82) is 0 Å². The Labute approximate surface area is 155 Å². The highest BCUT2D eigenvalue weighted by Crippen LogP contribution is 2.26. The SMILES string of the molecule is COc1ccc(CN(C)CC(=O)Nc2c(C)cc(C)cc2C)c(OC)c1. The standard InChI is InChI=1S/C21H28N2O3/c1-14-9-15(2)21(16(3)10-14)22-20(24)13-23(4)12-17-7-8-18(25-5)11-19(17)26-6/h7-11H,12-13H2,1-6H3,(H,22,24). The van der Waals surface area contributed by atoms with Crippen LogP contribution in [0.15, 0.2) is 30.3 Å². The maximum atomic E-state index is 12.5. The number of carbonyl (C=O) groups excluding carboxylic acids is 1. The van der Waals surface area contributed by atoms with Crippen LogP contribution in [0.4, 0.5) is 5.69 Å². The maximum absolute atomic E-state index is 12.5. The molecule has 0 fully saturated rings. The van der Waals surface area contributed by atoms with Crippen molar-refractivity contribution in [3.05, 3.63) is 52.6 Å². The molecule has 2 aromatic rings. The predicted octanol–water partition coefficient (Wildman–Crippen LogP) is 3.70. The molecular weight excluding hydrogens is 328 g/mol. The number of ether oxygens (including phenoxy) is 2. The van der Waals surface area contributed by atoms with E-state index in [-0.39, 0.29) is 5.91 Å². The number of benzene rings is 2. The highest BCUT2D eigenvalue weighted by atomic mass is 16.5. The van der Waals surface area contributed by atoms with E-state index in [2.05, 4.69) is 24.4 Å². The number of likely N-dealkylation sites (N-methyl/N-ethyl adjacent to an activating group) is 1. The molecule has 0 spiro atoms. The van der Waals surface area contributed by atoms with Gasteiger partial charge in [0.2, 0.25) is 5.91 Å². The molecule has 0 aliphatic carbocycles. The Morgan fingerprint density at radius 2 is 1.69 bits per heavy atom. The van der Waals surface area contributed by atoms with Crippen molar-refractivity contribution in [3.8, 4) is 11.5 Å². The van der Waals surface area contributed by atoms with Gasteiger partial charge in [0, 0.05) is 23.9 Å². The van der Waals surface area contributed by atoms with Crippen LogP contribution in [0.2, 0.25) is 0 Å². The van der Waals surface area contributed by atoms with Gasteiger partial charge in [-0.1, -0.05) is 23.8 Å². The molecule has 2 rings (SSSR count). The lowest BCUT2D eigenvalue weighted by Gasteiger charge is -2.19. The van der Waals surface area contributed by atoms with Crippen LogP contribution in [-0.2, 0) is 11.3 Å². The smallest absolute Gasteiger partial charge is 0.238 e. The van der Waals surface area contributed by atoms with Gasteiger partial charge in [-0.2, -0.15) is 0 Å². The fraction of sp³-hybridized carbons (Fsp3) is 0.381. The summed E-state index contributed by atoms with van der Waals surface area (Å²) >= 11 is 0. The first-order valence-corrected chi connectivity index (χ1v) is 8.61. The van der Waals surface area contributed by atoms with E-state index in [9.17, 15) is 4.79 Å². The number of amides is 1. The van der Waals surface area contributed by atoms with Crippen LogP contribution < -0.4 is 14.8 Å². The van der Waals surface area contributed by atoms with Gasteiger partial charge in [-0.05, 0) is 45.0 Å². The molecule has 0 aliphatic rings. The fourth-order valence-corrected chi connectivity index (χ4v) is 3.13. The zero-order chi connectivity index (χ0) is 19.3. The molecule has 0 aromatic heterocycles. The zero-order valence-corrected chi connectivity index (χ0v) is 16.5. The molecule has 0 saturated heterocycles. The fourth-order valence-electron chi connectivity index (χ4n) is 3.13. The molecule has 5 heteroatoms. The van der Waals surface area contributed by atoms with Crippen molar-refractivity contribution in [1.82, 2.24) is 4.90 Å². The zero-order valence-electron chi connectivity index (χ0n) is 16.5. The molecule has 0 bridgehead atoms. The summed E-state index contributed by atoms with van der Waals surface area (Å²) in [4.78, 5) is 14.4. The number of anilines is 1. The van der Waals surface area contributed by atoms with Gasteiger partial charge in [0.25, 0.3) is 0 Å². The van der Waals surface area contributed by atoms with Crippen molar-refractivity contribution in [2.24, 2.45) is 0 Å². The monoisotopic (exact) mass is 356 g/mol. The summed E-state index contributed by atoms with van der Waals surface area (Å²) in [5, 5.41) is 3.04. The summed E-state index contributed by atoms with van der Waals surface area (Å²) < 4.78 is 10.6. The Morgan fingerprint density at radius 1 is 1.04 bits per heavy atom. The van der Waals surface area contributed by atoms with E-state index in [1.165, 1.54) is 5.56 Å². The third-order valence-electron chi connectivity index (χ3n) is 4.29. The number of rotatable bonds is 7. The van der Waals surface area contributed by atoms with E-state index < -0.39 is 0 Å². The first-order chi connectivity index (χ1) is 12.3. The normalized spacial score (nSPS) is 10.7. The highest BCUT2D eigenvalue weighted by molar-refractivity contribution is 5.93. The first kappa shape index (κ1) is 19.8. The van der Waals surface area contributed by atoms with E-state index in [4.69, 9.17) is 9.47 Å². The number of nitrogens with one attached hydrogen (secondary N) is 1. The molecule has 0 aliphatic heterocycles. The van der Waals surface area contributed by atoms with Gasteiger partial charge >= 0.3 is 0 Å². The van der Waals surface area contributed by atoms with Crippen LogP contribution in [0, 0.1) is 20.8 Å². The Kier molecular flexibility index (Phi) is 6.64. The van der Waals surface area contributed by atoms with Gasteiger partial charge in [0.05, 0.1) is 20.8 Å². The molecule has 140 valence electrons. The maximum Gasteiger partial charge on any atom is 0.238 e. The lowest BCUT2D eigenvalue weighted by atomic mass is 10.1. The molecule has 0 atom stereocenters. The second-order valence-corrected chi connectivity index (χ2v) is 6.67. The van der Waals surface area contributed by atoms with Gasteiger partial charge in [-0.25, -0.2) is 0 Å². The van der Waals surface area contributed by atoms with Crippen LogP contribution >= 0.6 is 0 Å². The number of methoxy groups -OCH3 is 2. The van der Waals surface area contributed by atoms with Crippen LogP contribution in [0.25, 0.3) is 0 Å². The van der Waals surface area contributed by atoms with E-state index >= 15 is 0 Å². The van der Waals surface area contributed by atoms with Crippen molar-refractivity contribution >= 4 is 11.6 Å². The highest BCUT2D eigenvalue weighted by Gasteiger charge is 2.13. The van der Waals surface area contributed by atoms with Crippen molar-refractivity contribution in [2.75, 3.05) is 33.1 Å². The first-order valence-electron chi connectivity index (χ1n) is 8.61. The molecule has 0 saturated carbocycles. The van der Waals surface area contributed by atoms with Crippen molar-refractivity contribution in [2.45, 2.75) is 27.3 Å². The third kappa shape index (κ3) is 4.99. The van der Waals surface area contributed by atoms with Crippen molar-refractivity contribution < 1.29 is 14.3 Å². The summed E-state index contributed by atoms with van der Waals surface area (Å²) in [5.74, 6) is 1.47. The second-order valence-electron chi connectivity index (χ2n) is 6.67. The average Bonchev–Trinajstić information content (AvgIpc) is 2.58. The molecule has 5 nitrogen and oxygen atoms in total. The van der Waals surface area contributed by atoms with Gasteiger partial charge in [0.15, 0.2) is 0 Å². The molecule has 0 radical (unpaired) electrons. The topological polar surface area (TPSA) is 50.8 Å². The van der Waals surface area contributed by atoms with Gasteiger partial charge in [-0.15, -0.1) is 0 Å². The minimum absolute atomic E-state index is 0.0324. The van der Waals surface area contributed by atoms with Gasteiger partial charge < -0.3 is 14.8 Å². The summed E-state index contributed by atoms with van der Waals surface area (Å²) in [6, 6.07) is 9.86. The molecule has 0 heterocycles. The molecule has 1 N–H and O–H groups in total. The van der Waals surface area contributed by atoms with E-state index in [1.54, 1.807) is 14.2 Å². The molecule has 26 heavy (non-hydrogen) atoms. The van der Waals surface area contributed by atoms with Crippen LogP contribution in [0.1, 0.15) is 22.3 Å². The van der Waals surface area contributed by atoms with Crippen LogP contribution in [0.5, 0.6) is 11.5 Å². The van der Waals surface area contributed by atoms with Crippen molar-refractivity contribution in [3.63, 3.8) is 0 Å². The van der Waals surface area contributed by atoms with Gasteiger partial charge in [-0.3, -0.25) is 9.69 Å². The lowest BCUT2D eigenvalue weighted by molar-refractivity contribution is -0.117. The number of nitrogens with zero attached hydrogens (tertiary/aromatic N) is 1. The molecule has 2 aromatic carbocycles. The number of hydrogen-bond donors (Lipinski definition) is 1. The minimum atomic E-state index is -0.0324. The number of hydrogen-bond acceptors (Lipinski definition) is 4. The number of aryl methyl sites for hydroxylation is 3. The largest absolute Gasteiger partial charge is 0.497 e. The van der Waals surface area contributed by atoms with Gasteiger partial charge in [0.1, 0.15) is 11.5 Å².